The lowest BCUT2D eigenvalue weighted by Gasteiger charge is -2.28. The number of aromatic nitrogens is 3. The molecule has 1 aliphatic rings. The average molecular weight is 569 g/mol. The number of halogens is 1. The third-order valence-electron chi connectivity index (χ3n) is 5.82. The second-order valence-electron chi connectivity index (χ2n) is 8.25. The first-order valence-electron chi connectivity index (χ1n) is 11.8. The Kier molecular flexibility index (Phi) is 9.23. The number of anilines is 1. The molecular formula is C26H25ClN6O5S. The number of rotatable bonds is 10. The van der Waals surface area contributed by atoms with Crippen LogP contribution in [-0.2, 0) is 17.8 Å². The predicted octanol–water partition coefficient (Wildman–Crippen LogP) is 3.85. The Hall–Kier alpha value is -4.29. The Bertz CT molecular complexity index is 1400. The zero-order valence-corrected chi connectivity index (χ0v) is 22.5. The van der Waals surface area contributed by atoms with E-state index in [1.165, 1.54) is 7.11 Å². The van der Waals surface area contributed by atoms with Crippen molar-refractivity contribution < 1.29 is 24.2 Å². The Balaban J connectivity index is 1.54. The van der Waals surface area contributed by atoms with Gasteiger partial charge >= 0.3 is 6.09 Å². The van der Waals surface area contributed by atoms with Crippen molar-refractivity contribution in [1.29, 1.82) is 0 Å². The maximum absolute atomic E-state index is 13.2. The van der Waals surface area contributed by atoms with Crippen LogP contribution in [0.25, 0.3) is 0 Å². The van der Waals surface area contributed by atoms with Gasteiger partial charge in [-0.05, 0) is 18.2 Å². The Morgan fingerprint density at radius 3 is 2.77 bits per heavy atom. The van der Waals surface area contributed by atoms with Gasteiger partial charge in [-0.25, -0.2) is 9.69 Å². The lowest BCUT2D eigenvalue weighted by Crippen LogP contribution is -2.45. The molecule has 4 rings (SSSR count). The number of nitrogens with one attached hydrogen (secondary N) is 2. The Morgan fingerprint density at radius 2 is 2.03 bits per heavy atom. The van der Waals surface area contributed by atoms with Crippen LogP contribution in [0.5, 0.6) is 11.5 Å². The second kappa shape index (κ2) is 13.0. The standard InChI is InChI=1S/C26H25ClN6O5S/c1-37-23-18(27)3-2-4-20(23)32-24(39)22-19(6-11-33(25(22)34)26(35)36)31-13-16-5-8-28-15-21(16)38-12-7-17-14-29-9-10-30-17/h2-5,8-10,14-15,31H,6-7,11-13H2,1H3,(H,32,39)(H,35,36). The third-order valence-corrected chi connectivity index (χ3v) is 6.42. The number of benzene rings is 1. The summed E-state index contributed by atoms with van der Waals surface area (Å²) in [5.41, 5.74) is 2.57. The van der Waals surface area contributed by atoms with E-state index in [1.54, 1.807) is 55.2 Å². The van der Waals surface area contributed by atoms with Gasteiger partial charge in [-0.2, -0.15) is 0 Å². The van der Waals surface area contributed by atoms with Crippen LogP contribution >= 0.6 is 23.8 Å². The van der Waals surface area contributed by atoms with Crippen LogP contribution < -0.4 is 20.1 Å². The minimum atomic E-state index is -1.35. The number of carboxylic acid groups (broad SMARTS) is 1. The summed E-state index contributed by atoms with van der Waals surface area (Å²) in [6, 6.07) is 6.84. The largest absolute Gasteiger partial charge is 0.493 e. The van der Waals surface area contributed by atoms with Crippen LogP contribution in [0.4, 0.5) is 10.5 Å². The van der Waals surface area contributed by atoms with Crippen LogP contribution in [0.15, 0.2) is 66.5 Å². The van der Waals surface area contributed by atoms with Crippen molar-refractivity contribution in [2.45, 2.75) is 19.4 Å². The van der Waals surface area contributed by atoms with Gasteiger partial charge in [-0.15, -0.1) is 0 Å². The Labute approximate surface area is 234 Å². The van der Waals surface area contributed by atoms with Crippen molar-refractivity contribution in [3.63, 3.8) is 0 Å². The summed E-state index contributed by atoms with van der Waals surface area (Å²) in [7, 11) is 1.46. The highest BCUT2D eigenvalue weighted by Crippen LogP contribution is 2.33. The molecule has 3 aromatic rings. The van der Waals surface area contributed by atoms with Gasteiger partial charge in [-0.1, -0.05) is 29.9 Å². The molecule has 0 bridgehead atoms. The van der Waals surface area contributed by atoms with Gasteiger partial charge in [-0.3, -0.25) is 19.7 Å². The number of pyridine rings is 1. The van der Waals surface area contributed by atoms with Crippen molar-refractivity contribution in [3.8, 4) is 11.5 Å². The van der Waals surface area contributed by atoms with E-state index in [-0.39, 0.29) is 30.1 Å². The van der Waals surface area contributed by atoms with Crippen LogP contribution in [0.1, 0.15) is 17.7 Å². The lowest BCUT2D eigenvalue weighted by atomic mass is 10.0. The average Bonchev–Trinajstić information content (AvgIpc) is 2.93. The number of para-hydroxylation sites is 1. The number of imide groups is 1. The van der Waals surface area contributed by atoms with Gasteiger partial charge < -0.3 is 25.2 Å². The fourth-order valence-electron chi connectivity index (χ4n) is 3.92. The molecule has 202 valence electrons. The first-order valence-corrected chi connectivity index (χ1v) is 12.6. The first-order chi connectivity index (χ1) is 18.9. The zero-order chi connectivity index (χ0) is 27.8. The van der Waals surface area contributed by atoms with Gasteiger partial charge in [0.15, 0.2) is 5.75 Å². The van der Waals surface area contributed by atoms with Crippen LogP contribution in [0.2, 0.25) is 5.02 Å². The van der Waals surface area contributed by atoms with Crippen LogP contribution in [0.3, 0.4) is 0 Å². The number of ether oxygens (including phenoxy) is 2. The van der Waals surface area contributed by atoms with E-state index in [0.717, 1.165) is 16.2 Å². The SMILES string of the molecule is COc1c(Cl)cccc1NC(=S)C1=C(NCc2ccncc2OCCc2cnccn2)CCN(C(=O)O)C1=O. The number of carbonyl (C=O) groups excluding carboxylic acids is 1. The number of methoxy groups -OCH3 is 1. The number of hydrogen-bond donors (Lipinski definition) is 3. The molecule has 3 N–H and O–H groups in total. The van der Waals surface area contributed by atoms with Gasteiger partial charge in [0.05, 0.1) is 41.9 Å². The van der Waals surface area contributed by atoms with E-state index < -0.39 is 12.0 Å². The number of nitrogens with zero attached hydrogens (tertiary/aromatic N) is 4. The van der Waals surface area contributed by atoms with E-state index in [9.17, 15) is 14.7 Å². The van der Waals surface area contributed by atoms with Gasteiger partial charge in [0.25, 0.3) is 5.91 Å². The molecule has 3 heterocycles. The van der Waals surface area contributed by atoms with Crippen molar-refractivity contribution >= 4 is 46.5 Å². The van der Waals surface area contributed by atoms with E-state index in [1.807, 2.05) is 0 Å². The molecule has 11 nitrogen and oxygen atoms in total. The summed E-state index contributed by atoms with van der Waals surface area (Å²) < 4.78 is 11.3. The maximum atomic E-state index is 13.2. The highest BCUT2D eigenvalue weighted by Gasteiger charge is 2.34. The monoisotopic (exact) mass is 568 g/mol. The summed E-state index contributed by atoms with van der Waals surface area (Å²) in [5.74, 6) is 0.176. The summed E-state index contributed by atoms with van der Waals surface area (Å²) in [5, 5.41) is 16.1. The number of carbonyl (C=O) groups is 2. The number of thiocarbonyl (C=S) groups is 1. The summed E-state index contributed by atoms with van der Waals surface area (Å²) in [6.07, 6.45) is 7.62. The molecule has 2 aromatic heterocycles. The fraction of sp³-hybridized carbons (Fsp3) is 0.231. The molecule has 0 spiro atoms. The molecule has 0 aliphatic carbocycles. The summed E-state index contributed by atoms with van der Waals surface area (Å²) >= 11 is 11.8. The molecule has 0 saturated heterocycles. The highest BCUT2D eigenvalue weighted by molar-refractivity contribution is 7.81. The molecule has 2 amide bonds. The van der Waals surface area contributed by atoms with Crippen LogP contribution in [-0.4, -0.2) is 62.2 Å². The maximum Gasteiger partial charge on any atom is 0.414 e. The van der Waals surface area contributed by atoms with Gasteiger partial charge in [0.1, 0.15) is 10.7 Å². The molecule has 1 aliphatic heterocycles. The molecule has 0 fully saturated rings. The van der Waals surface area contributed by atoms with Crippen LogP contribution in [0, 0.1) is 0 Å². The van der Waals surface area contributed by atoms with E-state index in [2.05, 4.69) is 25.6 Å². The van der Waals surface area contributed by atoms with E-state index >= 15 is 0 Å². The topological polar surface area (TPSA) is 139 Å². The molecule has 0 atom stereocenters. The third kappa shape index (κ3) is 6.78. The fourth-order valence-corrected chi connectivity index (χ4v) is 4.49. The molecule has 0 radical (unpaired) electrons. The normalized spacial score (nSPS) is 13.2. The molecule has 39 heavy (non-hydrogen) atoms. The number of amides is 2. The van der Waals surface area contributed by atoms with Gasteiger partial charge in [0.2, 0.25) is 0 Å². The Morgan fingerprint density at radius 1 is 1.21 bits per heavy atom. The van der Waals surface area contributed by atoms with E-state index in [0.29, 0.717) is 40.9 Å². The molecule has 0 saturated carbocycles. The quantitative estimate of drug-likeness (QED) is 0.307. The molecule has 1 aromatic carbocycles. The minimum Gasteiger partial charge on any atom is -0.493 e. The second-order valence-corrected chi connectivity index (χ2v) is 9.07. The van der Waals surface area contributed by atoms with Crippen molar-refractivity contribution in [2.75, 3.05) is 25.6 Å². The van der Waals surface area contributed by atoms with Crippen molar-refractivity contribution in [2.24, 2.45) is 0 Å². The van der Waals surface area contributed by atoms with Crippen molar-refractivity contribution in [1.82, 2.24) is 25.2 Å². The zero-order valence-electron chi connectivity index (χ0n) is 20.9. The molecular weight excluding hydrogens is 544 g/mol. The highest BCUT2D eigenvalue weighted by atomic mass is 35.5. The smallest absolute Gasteiger partial charge is 0.414 e. The molecule has 0 unspecified atom stereocenters. The summed E-state index contributed by atoms with van der Waals surface area (Å²) in [6.45, 7) is 0.638. The summed E-state index contributed by atoms with van der Waals surface area (Å²) in [4.78, 5) is 38.1. The van der Waals surface area contributed by atoms with E-state index in [4.69, 9.17) is 33.3 Å². The van der Waals surface area contributed by atoms with Crippen molar-refractivity contribution in [3.05, 3.63) is 82.8 Å². The van der Waals surface area contributed by atoms with Gasteiger partial charge in [0, 0.05) is 62.0 Å². The minimum absolute atomic E-state index is 0.0130. The molecule has 13 heteroatoms. The number of hydrogen-bond acceptors (Lipinski definition) is 9. The lowest BCUT2D eigenvalue weighted by molar-refractivity contribution is -0.125. The predicted molar refractivity (Wildman–Crippen MR) is 148 cm³/mol. The first kappa shape index (κ1) is 27.7.